The maximum atomic E-state index is 12.2. The molecule has 0 radical (unpaired) electrons. The van der Waals surface area contributed by atoms with Gasteiger partial charge in [-0.25, -0.2) is 4.79 Å². The average Bonchev–Trinajstić information content (AvgIpc) is 2.46. The summed E-state index contributed by atoms with van der Waals surface area (Å²) in [5, 5.41) is 2.38. The third-order valence-corrected chi connectivity index (χ3v) is 3.09. The van der Waals surface area contributed by atoms with Crippen LogP contribution in [-0.2, 0) is 4.79 Å². The molecule has 0 heterocycles. The number of ether oxygens (including phenoxy) is 1. The lowest BCUT2D eigenvalue weighted by molar-refractivity contribution is -0.121. The Bertz CT molecular complexity index is 474. The normalized spacial score (nSPS) is 11.6. The fourth-order valence-electron chi connectivity index (χ4n) is 1.93. The first kappa shape index (κ1) is 16.0. The topological polar surface area (TPSA) is 58.6 Å². The zero-order valence-corrected chi connectivity index (χ0v) is 12.5. The molecule has 20 heavy (non-hydrogen) atoms. The van der Waals surface area contributed by atoms with Crippen molar-refractivity contribution in [3.8, 4) is 5.75 Å². The minimum Gasteiger partial charge on any atom is -0.410 e. The lowest BCUT2D eigenvalue weighted by Crippen LogP contribution is -2.31. The van der Waals surface area contributed by atoms with E-state index >= 15 is 0 Å². The summed E-state index contributed by atoms with van der Waals surface area (Å²) in [5.74, 6) is 0.446. The minimum atomic E-state index is -0.532. The molecule has 1 rings (SSSR count). The monoisotopic (exact) mass is 278 g/mol. The number of anilines is 1. The predicted octanol–water partition coefficient (Wildman–Crippen LogP) is 2.80. The van der Waals surface area contributed by atoms with Crippen LogP contribution >= 0.6 is 0 Å². The van der Waals surface area contributed by atoms with Crippen LogP contribution in [-0.4, -0.2) is 26.1 Å². The summed E-state index contributed by atoms with van der Waals surface area (Å²) < 4.78 is 5.05. The molecule has 5 heteroatoms. The van der Waals surface area contributed by atoms with Crippen molar-refractivity contribution in [2.45, 2.75) is 26.7 Å². The van der Waals surface area contributed by atoms with E-state index in [0.717, 1.165) is 12.8 Å². The first-order chi connectivity index (χ1) is 9.49. The SMILES string of the molecule is CCCC(C)C(=O)N(C)c1cccc(OC(=O)NC)c1. The Morgan fingerprint density at radius 1 is 1.40 bits per heavy atom. The van der Waals surface area contributed by atoms with Crippen molar-refractivity contribution in [1.29, 1.82) is 0 Å². The first-order valence-corrected chi connectivity index (χ1v) is 6.76. The van der Waals surface area contributed by atoms with Gasteiger partial charge in [0.15, 0.2) is 0 Å². The molecule has 1 aromatic carbocycles. The lowest BCUT2D eigenvalue weighted by atomic mass is 10.0. The molecule has 5 nitrogen and oxygen atoms in total. The fourth-order valence-corrected chi connectivity index (χ4v) is 1.93. The zero-order chi connectivity index (χ0) is 15.1. The minimum absolute atomic E-state index is 0.0199. The number of hydrogen-bond acceptors (Lipinski definition) is 3. The molecule has 1 unspecified atom stereocenters. The number of nitrogens with one attached hydrogen (secondary N) is 1. The molecular weight excluding hydrogens is 256 g/mol. The summed E-state index contributed by atoms with van der Waals surface area (Å²) in [6.45, 7) is 3.98. The van der Waals surface area contributed by atoms with Crippen LogP contribution < -0.4 is 15.0 Å². The second kappa shape index (κ2) is 7.53. The number of nitrogens with zero attached hydrogens (tertiary/aromatic N) is 1. The van der Waals surface area contributed by atoms with Gasteiger partial charge >= 0.3 is 6.09 Å². The van der Waals surface area contributed by atoms with Gasteiger partial charge < -0.3 is 15.0 Å². The van der Waals surface area contributed by atoms with Crippen LogP contribution in [0.25, 0.3) is 0 Å². The summed E-state index contributed by atoms with van der Waals surface area (Å²) in [4.78, 5) is 25.0. The quantitative estimate of drug-likeness (QED) is 0.901. The van der Waals surface area contributed by atoms with Crippen molar-refractivity contribution in [3.05, 3.63) is 24.3 Å². The number of amides is 2. The van der Waals surface area contributed by atoms with Crippen molar-refractivity contribution in [3.63, 3.8) is 0 Å². The third kappa shape index (κ3) is 4.26. The highest BCUT2D eigenvalue weighted by Gasteiger charge is 2.18. The molecule has 2 amide bonds. The molecule has 0 aliphatic rings. The van der Waals surface area contributed by atoms with Gasteiger partial charge in [0, 0.05) is 31.8 Å². The van der Waals surface area contributed by atoms with Crippen molar-refractivity contribution in [2.75, 3.05) is 19.0 Å². The Balaban J connectivity index is 2.82. The molecule has 0 aromatic heterocycles. The molecule has 1 aromatic rings. The van der Waals surface area contributed by atoms with E-state index in [4.69, 9.17) is 4.74 Å². The van der Waals surface area contributed by atoms with Crippen LogP contribution in [0.15, 0.2) is 24.3 Å². The van der Waals surface area contributed by atoms with Gasteiger partial charge in [-0.1, -0.05) is 26.3 Å². The Labute approximate surface area is 119 Å². The molecule has 0 bridgehead atoms. The number of carbonyl (C=O) groups is 2. The Hall–Kier alpha value is -2.04. The maximum absolute atomic E-state index is 12.2. The van der Waals surface area contributed by atoms with Crippen LogP contribution in [0.4, 0.5) is 10.5 Å². The van der Waals surface area contributed by atoms with Gasteiger partial charge in [-0.05, 0) is 18.6 Å². The van der Waals surface area contributed by atoms with Crippen LogP contribution in [0, 0.1) is 5.92 Å². The second-order valence-corrected chi connectivity index (χ2v) is 4.72. The van der Waals surface area contributed by atoms with E-state index in [1.807, 2.05) is 13.0 Å². The summed E-state index contributed by atoms with van der Waals surface area (Å²) in [6, 6.07) is 6.91. The van der Waals surface area contributed by atoms with Crippen molar-refractivity contribution >= 4 is 17.7 Å². The number of carbonyl (C=O) groups excluding carboxylic acids is 2. The van der Waals surface area contributed by atoms with Gasteiger partial charge in [0.2, 0.25) is 5.91 Å². The van der Waals surface area contributed by atoms with E-state index < -0.39 is 6.09 Å². The van der Waals surface area contributed by atoms with Gasteiger partial charge in [0.25, 0.3) is 0 Å². The van der Waals surface area contributed by atoms with Gasteiger partial charge in [-0.2, -0.15) is 0 Å². The number of benzene rings is 1. The van der Waals surface area contributed by atoms with E-state index in [2.05, 4.69) is 12.2 Å². The molecule has 1 N–H and O–H groups in total. The summed E-state index contributed by atoms with van der Waals surface area (Å²) in [7, 11) is 3.22. The predicted molar refractivity (Wildman–Crippen MR) is 79.0 cm³/mol. The van der Waals surface area contributed by atoms with Crippen LogP contribution in [0.5, 0.6) is 5.75 Å². The standard InChI is InChI=1S/C15H22N2O3/c1-5-7-11(2)14(18)17(4)12-8-6-9-13(10-12)20-15(19)16-3/h6,8-11H,5,7H2,1-4H3,(H,16,19). The zero-order valence-electron chi connectivity index (χ0n) is 12.5. The Morgan fingerprint density at radius 3 is 2.70 bits per heavy atom. The Morgan fingerprint density at radius 2 is 2.10 bits per heavy atom. The number of hydrogen-bond donors (Lipinski definition) is 1. The van der Waals surface area contributed by atoms with Gasteiger partial charge in [-0.15, -0.1) is 0 Å². The smallest absolute Gasteiger partial charge is 0.410 e. The highest BCUT2D eigenvalue weighted by molar-refractivity contribution is 5.94. The van der Waals surface area contributed by atoms with Crippen molar-refractivity contribution in [1.82, 2.24) is 5.32 Å². The van der Waals surface area contributed by atoms with Crippen molar-refractivity contribution in [2.24, 2.45) is 5.92 Å². The van der Waals surface area contributed by atoms with E-state index in [9.17, 15) is 9.59 Å². The van der Waals surface area contributed by atoms with E-state index in [1.54, 1.807) is 30.1 Å². The molecule has 1 atom stereocenters. The molecule has 0 saturated heterocycles. The fraction of sp³-hybridized carbons (Fsp3) is 0.467. The molecule has 110 valence electrons. The van der Waals surface area contributed by atoms with Crippen LogP contribution in [0.2, 0.25) is 0 Å². The summed E-state index contributed by atoms with van der Waals surface area (Å²) in [5.41, 5.74) is 0.708. The maximum Gasteiger partial charge on any atom is 0.412 e. The molecule has 0 saturated carbocycles. The van der Waals surface area contributed by atoms with E-state index in [-0.39, 0.29) is 11.8 Å². The number of rotatable bonds is 5. The third-order valence-electron chi connectivity index (χ3n) is 3.09. The molecule has 0 spiro atoms. The summed E-state index contributed by atoms with van der Waals surface area (Å²) >= 11 is 0. The van der Waals surface area contributed by atoms with Crippen LogP contribution in [0.1, 0.15) is 26.7 Å². The lowest BCUT2D eigenvalue weighted by Gasteiger charge is -2.21. The van der Waals surface area contributed by atoms with E-state index in [1.165, 1.54) is 7.05 Å². The highest BCUT2D eigenvalue weighted by Crippen LogP contribution is 2.22. The second-order valence-electron chi connectivity index (χ2n) is 4.72. The Kier molecular flexibility index (Phi) is 6.03. The van der Waals surface area contributed by atoms with Crippen molar-refractivity contribution < 1.29 is 14.3 Å². The summed E-state index contributed by atoms with van der Waals surface area (Å²) in [6.07, 6.45) is 1.30. The van der Waals surface area contributed by atoms with Crippen LogP contribution in [0.3, 0.4) is 0 Å². The first-order valence-electron chi connectivity index (χ1n) is 6.76. The van der Waals surface area contributed by atoms with E-state index in [0.29, 0.717) is 11.4 Å². The molecule has 0 aliphatic carbocycles. The van der Waals surface area contributed by atoms with Gasteiger partial charge in [-0.3, -0.25) is 4.79 Å². The largest absolute Gasteiger partial charge is 0.412 e. The molecule has 0 aliphatic heterocycles. The molecular formula is C15H22N2O3. The van der Waals surface area contributed by atoms with Gasteiger partial charge in [0.1, 0.15) is 5.75 Å². The molecule has 0 fully saturated rings. The highest BCUT2D eigenvalue weighted by atomic mass is 16.5. The average molecular weight is 278 g/mol. The van der Waals surface area contributed by atoms with Gasteiger partial charge in [0.05, 0.1) is 0 Å².